The van der Waals surface area contributed by atoms with E-state index in [9.17, 15) is 9.59 Å². The average Bonchev–Trinajstić information content (AvgIpc) is 2.68. The highest BCUT2D eigenvalue weighted by atomic mass is 16.5. The fourth-order valence-electron chi connectivity index (χ4n) is 2.11. The molecule has 0 aromatic heterocycles. The molecule has 104 valence electrons. The number of hydroxylamine groups is 1. The molecule has 1 unspecified atom stereocenters. The number of hydrogen-bond donors (Lipinski definition) is 2. The summed E-state index contributed by atoms with van der Waals surface area (Å²) in [7, 11) is 0. The van der Waals surface area contributed by atoms with Gasteiger partial charge in [-0.15, -0.1) is 0 Å². The van der Waals surface area contributed by atoms with Gasteiger partial charge < -0.3 is 4.74 Å². The van der Waals surface area contributed by atoms with Crippen molar-refractivity contribution in [2.75, 3.05) is 0 Å². The van der Waals surface area contributed by atoms with E-state index in [1.807, 2.05) is 0 Å². The molecule has 5 nitrogen and oxygen atoms in total. The van der Waals surface area contributed by atoms with E-state index in [4.69, 9.17) is 9.94 Å². The summed E-state index contributed by atoms with van der Waals surface area (Å²) >= 11 is 0. The molecule has 1 aliphatic rings. The van der Waals surface area contributed by atoms with Crippen LogP contribution in [-0.4, -0.2) is 22.5 Å². The lowest BCUT2D eigenvalue weighted by Crippen LogP contribution is -2.34. The summed E-state index contributed by atoms with van der Waals surface area (Å²) in [4.78, 5) is 23.2. The summed E-state index contributed by atoms with van der Waals surface area (Å²) in [5.74, 6) is -0.196. The van der Waals surface area contributed by atoms with Crippen molar-refractivity contribution < 1.29 is 19.5 Å². The Bertz CT molecular complexity index is 618. The third-order valence-electron chi connectivity index (χ3n) is 3.02. The predicted octanol–water partition coefficient (Wildman–Crippen LogP) is 2.03. The summed E-state index contributed by atoms with van der Waals surface area (Å²) in [5.41, 5.74) is 1.65. The molecule has 1 amide bonds. The molecule has 1 aromatic carbocycles. The first kappa shape index (κ1) is 14.0. The summed E-state index contributed by atoms with van der Waals surface area (Å²) in [6.45, 7) is 3.42. The van der Waals surface area contributed by atoms with Crippen LogP contribution in [0.2, 0.25) is 0 Å². The van der Waals surface area contributed by atoms with Crippen molar-refractivity contribution in [1.82, 2.24) is 5.48 Å². The van der Waals surface area contributed by atoms with Gasteiger partial charge in [-0.25, -0.2) is 5.48 Å². The number of rotatable bonds is 3. The second-order valence-electron chi connectivity index (χ2n) is 4.73. The zero-order valence-corrected chi connectivity index (χ0v) is 11.2. The van der Waals surface area contributed by atoms with Crippen LogP contribution < -0.4 is 10.2 Å². The molecule has 2 N–H and O–H groups in total. The van der Waals surface area contributed by atoms with E-state index < -0.39 is 11.5 Å². The Morgan fingerprint density at radius 2 is 2.05 bits per heavy atom. The van der Waals surface area contributed by atoms with E-state index in [2.05, 4.69) is 0 Å². The number of amides is 1. The number of hydrogen-bond acceptors (Lipinski definition) is 4. The van der Waals surface area contributed by atoms with Crippen molar-refractivity contribution in [2.24, 2.45) is 0 Å². The molecule has 0 spiro atoms. The minimum Gasteiger partial charge on any atom is -0.474 e. The SMILES string of the molecule is CC(/C=C/C(=O)NO)=C\C1(C)Oc2ccccc2C1=O. The van der Waals surface area contributed by atoms with Crippen molar-refractivity contribution in [3.05, 3.63) is 53.6 Å². The summed E-state index contributed by atoms with van der Waals surface area (Å²) in [6, 6.07) is 7.06. The maximum atomic E-state index is 12.3. The van der Waals surface area contributed by atoms with Crippen LogP contribution in [-0.2, 0) is 4.79 Å². The van der Waals surface area contributed by atoms with Gasteiger partial charge in [0.05, 0.1) is 5.56 Å². The Morgan fingerprint density at radius 3 is 2.70 bits per heavy atom. The number of carbonyl (C=O) groups excluding carboxylic acids is 2. The minimum absolute atomic E-state index is 0.118. The normalized spacial score (nSPS) is 21.8. The molecule has 1 aliphatic heterocycles. The summed E-state index contributed by atoms with van der Waals surface area (Å²) < 4.78 is 5.70. The van der Waals surface area contributed by atoms with Gasteiger partial charge in [0.15, 0.2) is 5.60 Å². The average molecular weight is 273 g/mol. The summed E-state index contributed by atoms with van der Waals surface area (Å²) in [6.07, 6.45) is 4.31. The zero-order chi connectivity index (χ0) is 14.8. The van der Waals surface area contributed by atoms with Gasteiger partial charge in [0.2, 0.25) is 5.78 Å². The Kier molecular flexibility index (Phi) is 3.72. The number of allylic oxidation sites excluding steroid dienone is 2. The minimum atomic E-state index is -1.08. The van der Waals surface area contributed by atoms with Gasteiger partial charge in [-0.2, -0.15) is 0 Å². The van der Waals surface area contributed by atoms with E-state index in [0.717, 1.165) is 0 Å². The molecule has 2 rings (SSSR count). The summed E-state index contributed by atoms with van der Waals surface area (Å²) in [5, 5.41) is 8.39. The van der Waals surface area contributed by atoms with Crippen LogP contribution in [0, 0.1) is 0 Å². The van der Waals surface area contributed by atoms with Crippen LogP contribution in [0.4, 0.5) is 0 Å². The van der Waals surface area contributed by atoms with E-state index in [1.165, 1.54) is 17.6 Å². The topological polar surface area (TPSA) is 75.6 Å². The van der Waals surface area contributed by atoms with Crippen molar-refractivity contribution >= 4 is 11.7 Å². The van der Waals surface area contributed by atoms with E-state index in [0.29, 0.717) is 16.9 Å². The maximum Gasteiger partial charge on any atom is 0.267 e. The lowest BCUT2D eigenvalue weighted by atomic mass is 9.95. The van der Waals surface area contributed by atoms with Crippen LogP contribution in [0.15, 0.2) is 48.1 Å². The van der Waals surface area contributed by atoms with Crippen LogP contribution in [0.25, 0.3) is 0 Å². The molecule has 0 fully saturated rings. The van der Waals surface area contributed by atoms with Gasteiger partial charge in [-0.3, -0.25) is 14.8 Å². The lowest BCUT2D eigenvalue weighted by molar-refractivity contribution is -0.124. The highest BCUT2D eigenvalue weighted by molar-refractivity contribution is 6.08. The molecule has 0 saturated carbocycles. The second-order valence-corrected chi connectivity index (χ2v) is 4.73. The third-order valence-corrected chi connectivity index (χ3v) is 3.02. The molecule has 20 heavy (non-hydrogen) atoms. The Labute approximate surface area is 116 Å². The van der Waals surface area contributed by atoms with E-state index in [-0.39, 0.29) is 5.78 Å². The smallest absolute Gasteiger partial charge is 0.267 e. The van der Waals surface area contributed by atoms with Crippen LogP contribution in [0.3, 0.4) is 0 Å². The van der Waals surface area contributed by atoms with Gasteiger partial charge in [0, 0.05) is 6.08 Å². The van der Waals surface area contributed by atoms with Crippen molar-refractivity contribution in [3.8, 4) is 5.75 Å². The van der Waals surface area contributed by atoms with Crippen molar-refractivity contribution in [2.45, 2.75) is 19.4 Å². The fourth-order valence-corrected chi connectivity index (χ4v) is 2.11. The number of benzene rings is 1. The molecular formula is C15H15NO4. The molecule has 0 saturated heterocycles. The molecule has 0 radical (unpaired) electrons. The Morgan fingerprint density at radius 1 is 1.35 bits per heavy atom. The maximum absolute atomic E-state index is 12.3. The van der Waals surface area contributed by atoms with Crippen molar-refractivity contribution in [3.63, 3.8) is 0 Å². The Balaban J connectivity index is 2.24. The number of nitrogens with one attached hydrogen (secondary N) is 1. The van der Waals surface area contributed by atoms with Gasteiger partial charge >= 0.3 is 0 Å². The van der Waals surface area contributed by atoms with Crippen molar-refractivity contribution in [1.29, 1.82) is 0 Å². The number of fused-ring (bicyclic) bond motifs is 1. The predicted molar refractivity (Wildman–Crippen MR) is 72.6 cm³/mol. The first-order valence-corrected chi connectivity index (χ1v) is 6.11. The number of para-hydroxylation sites is 1. The molecule has 5 heteroatoms. The van der Waals surface area contributed by atoms with Crippen LogP contribution in [0.1, 0.15) is 24.2 Å². The molecule has 1 atom stereocenters. The number of ketones is 1. The first-order chi connectivity index (χ1) is 9.46. The standard InChI is InChI=1S/C15H15NO4/c1-10(7-8-13(17)16-19)9-15(2)14(18)11-5-3-4-6-12(11)20-15/h3-9,19H,1-2H3,(H,16,17)/b8-7+,10-9+. The lowest BCUT2D eigenvalue weighted by Gasteiger charge is -2.18. The Hall–Kier alpha value is -2.40. The quantitative estimate of drug-likeness (QED) is 0.382. The molecule has 1 heterocycles. The zero-order valence-electron chi connectivity index (χ0n) is 11.2. The molecular weight excluding hydrogens is 258 g/mol. The van der Waals surface area contributed by atoms with Gasteiger partial charge in [-0.05, 0) is 32.1 Å². The number of Topliss-reactive ketones (excluding diaryl/α,β-unsaturated/α-hetero) is 1. The van der Waals surface area contributed by atoms with E-state index >= 15 is 0 Å². The highest BCUT2D eigenvalue weighted by Crippen LogP contribution is 2.36. The van der Waals surface area contributed by atoms with E-state index in [1.54, 1.807) is 44.2 Å². The van der Waals surface area contributed by atoms with Gasteiger partial charge in [-0.1, -0.05) is 23.8 Å². The van der Waals surface area contributed by atoms with Crippen LogP contribution >= 0.6 is 0 Å². The van der Waals surface area contributed by atoms with Gasteiger partial charge in [0.25, 0.3) is 5.91 Å². The number of ether oxygens (including phenoxy) is 1. The largest absolute Gasteiger partial charge is 0.474 e. The number of carbonyl (C=O) groups is 2. The van der Waals surface area contributed by atoms with Crippen LogP contribution in [0.5, 0.6) is 5.75 Å². The first-order valence-electron chi connectivity index (χ1n) is 6.11. The molecule has 0 aliphatic carbocycles. The van der Waals surface area contributed by atoms with Gasteiger partial charge in [0.1, 0.15) is 5.75 Å². The monoisotopic (exact) mass is 273 g/mol. The molecule has 0 bridgehead atoms. The highest BCUT2D eigenvalue weighted by Gasteiger charge is 2.41. The fraction of sp³-hybridized carbons (Fsp3) is 0.200. The third kappa shape index (κ3) is 2.62. The molecule has 1 aromatic rings. The second kappa shape index (κ2) is 5.30.